The first-order valence-corrected chi connectivity index (χ1v) is 5.35. The van der Waals surface area contributed by atoms with Crippen LogP contribution < -0.4 is 5.73 Å². The number of aromatic nitrogens is 1. The Morgan fingerprint density at radius 2 is 1.81 bits per heavy atom. The Kier molecular flexibility index (Phi) is 2.60. The Morgan fingerprint density at radius 1 is 1.12 bits per heavy atom. The zero-order valence-electron chi connectivity index (χ0n) is 9.51. The minimum atomic E-state index is 0.260. The van der Waals surface area contributed by atoms with E-state index in [9.17, 15) is 5.11 Å². The standard InChI is InChI=1S/C13H16N2O/c1-9(2)15-7-11(12(14)8-15)10-5-3-4-6-13(10)16/h3-9,16H,14H2,1-2H3. The molecule has 1 aromatic carbocycles. The summed E-state index contributed by atoms with van der Waals surface area (Å²) >= 11 is 0. The number of rotatable bonds is 2. The summed E-state index contributed by atoms with van der Waals surface area (Å²) < 4.78 is 2.04. The van der Waals surface area contributed by atoms with E-state index in [1.165, 1.54) is 0 Å². The van der Waals surface area contributed by atoms with Crippen molar-refractivity contribution >= 4 is 5.69 Å². The maximum absolute atomic E-state index is 9.77. The Bertz CT molecular complexity index is 500. The number of nitrogens with two attached hydrogens (primary N) is 1. The van der Waals surface area contributed by atoms with Gasteiger partial charge in [-0.05, 0) is 19.9 Å². The third-order valence-corrected chi connectivity index (χ3v) is 2.67. The van der Waals surface area contributed by atoms with Gasteiger partial charge in [0.25, 0.3) is 0 Å². The van der Waals surface area contributed by atoms with Gasteiger partial charge in [0.1, 0.15) is 5.75 Å². The van der Waals surface area contributed by atoms with Crippen molar-refractivity contribution in [2.24, 2.45) is 0 Å². The topological polar surface area (TPSA) is 51.2 Å². The third-order valence-electron chi connectivity index (χ3n) is 2.67. The van der Waals surface area contributed by atoms with Crippen LogP contribution in [0.15, 0.2) is 36.7 Å². The number of benzene rings is 1. The SMILES string of the molecule is CC(C)n1cc(N)c(-c2ccccc2O)c1. The number of nitrogen functional groups attached to an aromatic ring is 1. The molecular formula is C13H16N2O. The molecule has 0 unspecified atom stereocenters. The van der Waals surface area contributed by atoms with E-state index in [4.69, 9.17) is 5.73 Å². The molecule has 3 heteroatoms. The molecule has 0 aliphatic rings. The third kappa shape index (κ3) is 1.76. The maximum atomic E-state index is 9.77. The Labute approximate surface area is 95.1 Å². The smallest absolute Gasteiger partial charge is 0.123 e. The molecule has 3 N–H and O–H groups in total. The van der Waals surface area contributed by atoms with Crippen LogP contribution in [0.3, 0.4) is 0 Å². The molecule has 2 aromatic rings. The van der Waals surface area contributed by atoms with E-state index in [0.29, 0.717) is 11.7 Å². The highest BCUT2D eigenvalue weighted by Crippen LogP contribution is 2.34. The normalized spacial score (nSPS) is 10.9. The van der Waals surface area contributed by atoms with Gasteiger partial charge < -0.3 is 15.4 Å². The van der Waals surface area contributed by atoms with Gasteiger partial charge in [0, 0.05) is 29.6 Å². The molecule has 0 bridgehead atoms. The molecular weight excluding hydrogens is 200 g/mol. The first-order valence-electron chi connectivity index (χ1n) is 5.35. The van der Waals surface area contributed by atoms with E-state index in [-0.39, 0.29) is 5.75 Å². The summed E-state index contributed by atoms with van der Waals surface area (Å²) in [7, 11) is 0. The lowest BCUT2D eigenvalue weighted by Crippen LogP contribution is -1.95. The molecule has 16 heavy (non-hydrogen) atoms. The molecule has 1 heterocycles. The van der Waals surface area contributed by atoms with Gasteiger partial charge in [0.2, 0.25) is 0 Å². The second kappa shape index (κ2) is 3.93. The van der Waals surface area contributed by atoms with Crippen LogP contribution in [0.1, 0.15) is 19.9 Å². The zero-order chi connectivity index (χ0) is 11.7. The van der Waals surface area contributed by atoms with Gasteiger partial charge >= 0.3 is 0 Å². The lowest BCUT2D eigenvalue weighted by atomic mass is 10.1. The lowest BCUT2D eigenvalue weighted by molar-refractivity contribution is 0.477. The summed E-state index contributed by atoms with van der Waals surface area (Å²) in [6.07, 6.45) is 3.86. The van der Waals surface area contributed by atoms with E-state index < -0.39 is 0 Å². The average molecular weight is 216 g/mol. The van der Waals surface area contributed by atoms with Crippen LogP contribution in [-0.2, 0) is 0 Å². The molecule has 1 aromatic heterocycles. The Morgan fingerprint density at radius 3 is 2.38 bits per heavy atom. The van der Waals surface area contributed by atoms with Crippen molar-refractivity contribution in [3.63, 3.8) is 0 Å². The van der Waals surface area contributed by atoms with E-state index >= 15 is 0 Å². The zero-order valence-corrected chi connectivity index (χ0v) is 9.51. The summed E-state index contributed by atoms with van der Waals surface area (Å²) in [5, 5.41) is 9.77. The summed E-state index contributed by atoms with van der Waals surface area (Å²) in [5.74, 6) is 0.260. The van der Waals surface area contributed by atoms with E-state index in [1.54, 1.807) is 12.1 Å². The number of aromatic hydroxyl groups is 1. The molecule has 0 aliphatic carbocycles. The Hall–Kier alpha value is -1.90. The highest BCUT2D eigenvalue weighted by Gasteiger charge is 2.10. The number of anilines is 1. The molecule has 2 rings (SSSR count). The van der Waals surface area contributed by atoms with Gasteiger partial charge in [-0.3, -0.25) is 0 Å². The van der Waals surface area contributed by atoms with Crippen LogP contribution in [0.4, 0.5) is 5.69 Å². The van der Waals surface area contributed by atoms with Crippen LogP contribution >= 0.6 is 0 Å². The summed E-state index contributed by atoms with van der Waals surface area (Å²) in [6.45, 7) is 4.18. The highest BCUT2D eigenvalue weighted by atomic mass is 16.3. The van der Waals surface area contributed by atoms with Crippen molar-refractivity contribution in [2.45, 2.75) is 19.9 Å². The largest absolute Gasteiger partial charge is 0.507 e. The van der Waals surface area contributed by atoms with Crippen molar-refractivity contribution < 1.29 is 5.11 Å². The number of para-hydroxylation sites is 1. The molecule has 0 fully saturated rings. The molecule has 0 aliphatic heterocycles. The van der Waals surface area contributed by atoms with Gasteiger partial charge in [-0.1, -0.05) is 18.2 Å². The predicted molar refractivity (Wildman–Crippen MR) is 66.3 cm³/mol. The van der Waals surface area contributed by atoms with Gasteiger partial charge in [0.05, 0.1) is 5.69 Å². The second-order valence-electron chi connectivity index (χ2n) is 4.19. The minimum Gasteiger partial charge on any atom is -0.507 e. The molecule has 84 valence electrons. The predicted octanol–water partition coefficient (Wildman–Crippen LogP) is 3.02. The second-order valence-corrected chi connectivity index (χ2v) is 4.19. The molecule has 0 radical (unpaired) electrons. The fourth-order valence-electron chi connectivity index (χ4n) is 1.72. The minimum absolute atomic E-state index is 0.260. The van der Waals surface area contributed by atoms with Crippen molar-refractivity contribution in [1.29, 1.82) is 0 Å². The summed E-state index contributed by atoms with van der Waals surface area (Å²) in [6, 6.07) is 7.59. The molecule has 0 saturated heterocycles. The van der Waals surface area contributed by atoms with Crippen molar-refractivity contribution in [1.82, 2.24) is 4.57 Å². The van der Waals surface area contributed by atoms with E-state index in [0.717, 1.165) is 11.1 Å². The van der Waals surface area contributed by atoms with Gasteiger partial charge in [-0.15, -0.1) is 0 Å². The Balaban J connectivity index is 2.52. The van der Waals surface area contributed by atoms with E-state index in [2.05, 4.69) is 13.8 Å². The number of nitrogens with zero attached hydrogens (tertiary/aromatic N) is 1. The fraction of sp³-hybridized carbons (Fsp3) is 0.231. The molecule has 0 saturated carbocycles. The number of phenols is 1. The number of hydrogen-bond donors (Lipinski definition) is 2. The van der Waals surface area contributed by atoms with Crippen molar-refractivity contribution in [3.05, 3.63) is 36.7 Å². The van der Waals surface area contributed by atoms with E-state index in [1.807, 2.05) is 29.1 Å². The number of phenolic OH excluding ortho intramolecular Hbond substituents is 1. The number of hydrogen-bond acceptors (Lipinski definition) is 2. The highest BCUT2D eigenvalue weighted by molar-refractivity contribution is 5.79. The molecule has 3 nitrogen and oxygen atoms in total. The lowest BCUT2D eigenvalue weighted by Gasteiger charge is -2.05. The van der Waals surface area contributed by atoms with Crippen LogP contribution in [0, 0.1) is 0 Å². The van der Waals surface area contributed by atoms with Gasteiger partial charge in [-0.2, -0.15) is 0 Å². The summed E-state index contributed by atoms with van der Waals surface area (Å²) in [4.78, 5) is 0. The summed E-state index contributed by atoms with van der Waals surface area (Å²) in [5.41, 5.74) is 8.30. The van der Waals surface area contributed by atoms with Gasteiger partial charge in [-0.25, -0.2) is 0 Å². The first kappa shape index (κ1) is 10.6. The van der Waals surface area contributed by atoms with Crippen LogP contribution in [0.25, 0.3) is 11.1 Å². The van der Waals surface area contributed by atoms with Crippen molar-refractivity contribution in [2.75, 3.05) is 5.73 Å². The monoisotopic (exact) mass is 216 g/mol. The first-order chi connectivity index (χ1) is 7.59. The van der Waals surface area contributed by atoms with Crippen molar-refractivity contribution in [3.8, 4) is 16.9 Å². The molecule has 0 amide bonds. The van der Waals surface area contributed by atoms with Crippen LogP contribution in [-0.4, -0.2) is 9.67 Å². The van der Waals surface area contributed by atoms with Gasteiger partial charge in [0.15, 0.2) is 0 Å². The average Bonchev–Trinajstić information content (AvgIpc) is 2.61. The van der Waals surface area contributed by atoms with Crippen LogP contribution in [0.5, 0.6) is 5.75 Å². The van der Waals surface area contributed by atoms with Crippen LogP contribution in [0.2, 0.25) is 0 Å². The maximum Gasteiger partial charge on any atom is 0.123 e. The molecule has 0 spiro atoms. The molecule has 0 atom stereocenters. The fourth-order valence-corrected chi connectivity index (χ4v) is 1.72. The quantitative estimate of drug-likeness (QED) is 0.810.